The van der Waals surface area contributed by atoms with Crippen LogP contribution >= 0.6 is 0 Å². The van der Waals surface area contributed by atoms with Gasteiger partial charge in [-0.1, -0.05) is 11.2 Å². The molecule has 11 heteroatoms. The van der Waals surface area contributed by atoms with E-state index in [-0.39, 0.29) is 17.3 Å². The van der Waals surface area contributed by atoms with Gasteiger partial charge in [0.15, 0.2) is 5.76 Å². The molecule has 0 aliphatic carbocycles. The third-order valence-corrected chi connectivity index (χ3v) is 4.14. The smallest absolute Gasteiger partial charge is 0.309 e. The van der Waals surface area contributed by atoms with Crippen molar-refractivity contribution in [2.24, 2.45) is 0 Å². The number of halogens is 2. The van der Waals surface area contributed by atoms with Gasteiger partial charge in [-0.3, -0.25) is 4.79 Å². The summed E-state index contributed by atoms with van der Waals surface area (Å²) in [5, 5.41) is 15.8. The van der Waals surface area contributed by atoms with Gasteiger partial charge in [0, 0.05) is 12.3 Å². The number of alkyl halides is 2. The molecule has 0 saturated carbocycles. The van der Waals surface area contributed by atoms with Crippen LogP contribution in [-0.4, -0.2) is 43.6 Å². The molecule has 0 spiro atoms. The zero-order chi connectivity index (χ0) is 19.2. The summed E-state index contributed by atoms with van der Waals surface area (Å²) in [6.45, 7) is -0.999. The average Bonchev–Trinajstić information content (AvgIpc) is 3.22. The van der Waals surface area contributed by atoms with Crippen LogP contribution in [0, 0.1) is 0 Å². The normalized spacial score (nSPS) is 21.2. The molecule has 0 bridgehead atoms. The molecule has 9 nitrogen and oxygen atoms in total. The predicted octanol–water partition coefficient (Wildman–Crippen LogP) is 0.728. The topological polar surface area (TPSA) is 140 Å². The van der Waals surface area contributed by atoms with Crippen molar-refractivity contribution in [2.45, 2.75) is 11.5 Å². The largest absolute Gasteiger partial charge is 0.368 e. The Kier molecular flexibility index (Phi) is 3.63. The van der Waals surface area contributed by atoms with Gasteiger partial charge < -0.3 is 20.7 Å². The van der Waals surface area contributed by atoms with Crippen molar-refractivity contribution in [1.29, 1.82) is 0 Å². The number of carbonyl (C=O) groups is 1. The van der Waals surface area contributed by atoms with Gasteiger partial charge in [0.1, 0.15) is 5.69 Å². The Hall–Kier alpha value is -3.47. The molecular weight excluding hydrogens is 362 g/mol. The highest BCUT2D eigenvalue weighted by Crippen LogP contribution is 2.42. The number of nitrogens with one attached hydrogen (secondary N) is 1. The summed E-state index contributed by atoms with van der Waals surface area (Å²) in [6, 6.07) is 7.53. The van der Waals surface area contributed by atoms with E-state index in [1.807, 2.05) is 5.32 Å². The summed E-state index contributed by atoms with van der Waals surface area (Å²) in [6.07, 6.45) is 1.47. The first-order valence-electron chi connectivity index (χ1n) is 7.73. The van der Waals surface area contributed by atoms with Crippen LogP contribution in [0.4, 0.5) is 14.7 Å². The predicted molar refractivity (Wildman–Crippen MR) is 87.0 cm³/mol. The highest BCUT2D eigenvalue weighted by Gasteiger charge is 2.66. The zero-order valence-electron chi connectivity index (χ0n) is 13.6. The highest BCUT2D eigenvalue weighted by molar-refractivity contribution is 5.89. The van der Waals surface area contributed by atoms with Gasteiger partial charge in [-0.15, -0.1) is 0 Å². The van der Waals surface area contributed by atoms with Gasteiger partial charge in [0.2, 0.25) is 5.95 Å². The molecule has 0 unspecified atom stereocenters. The van der Waals surface area contributed by atoms with Crippen LogP contribution in [0.5, 0.6) is 0 Å². The second kappa shape index (κ2) is 5.77. The van der Waals surface area contributed by atoms with Crippen molar-refractivity contribution in [3.63, 3.8) is 0 Å². The molecule has 1 aliphatic heterocycles. The van der Waals surface area contributed by atoms with E-state index < -0.39 is 29.7 Å². The molecule has 4 heterocycles. The number of carbonyl (C=O) groups excluding carboxylic acids is 1. The summed E-state index contributed by atoms with van der Waals surface area (Å²) < 4.78 is 32.9. The molecule has 3 aromatic rings. The van der Waals surface area contributed by atoms with E-state index in [1.165, 1.54) is 6.20 Å². The Morgan fingerprint density at radius 2 is 1.85 bits per heavy atom. The van der Waals surface area contributed by atoms with Gasteiger partial charge in [0.05, 0.1) is 23.6 Å². The maximum Gasteiger partial charge on any atom is 0.309 e. The number of nitrogens with zero attached hydrogens (tertiary/aromatic N) is 4. The van der Waals surface area contributed by atoms with E-state index >= 15 is 0 Å². The van der Waals surface area contributed by atoms with Crippen LogP contribution in [0.15, 0.2) is 41.1 Å². The number of amides is 1. The number of hydrogen-bond donors (Lipinski definition) is 3. The molecule has 1 atom stereocenters. The number of nitrogen functional groups attached to an aromatic ring is 1. The first-order valence-corrected chi connectivity index (χ1v) is 7.73. The lowest BCUT2D eigenvalue weighted by molar-refractivity contribution is -0.179. The lowest BCUT2D eigenvalue weighted by atomic mass is 9.95. The summed E-state index contributed by atoms with van der Waals surface area (Å²) in [5.74, 6) is -5.60. The molecule has 4 N–H and O–H groups in total. The van der Waals surface area contributed by atoms with Crippen molar-refractivity contribution in [3.05, 3.63) is 42.3 Å². The Bertz CT molecular complexity index is 1040. The van der Waals surface area contributed by atoms with Crippen LogP contribution < -0.4 is 11.1 Å². The van der Waals surface area contributed by atoms with E-state index in [0.29, 0.717) is 11.4 Å². The molecule has 1 saturated heterocycles. The molecule has 138 valence electrons. The van der Waals surface area contributed by atoms with Crippen molar-refractivity contribution in [1.82, 2.24) is 25.4 Å². The summed E-state index contributed by atoms with van der Waals surface area (Å²) in [4.78, 5) is 23.9. The zero-order valence-corrected chi connectivity index (χ0v) is 13.6. The second-order valence-electron chi connectivity index (χ2n) is 5.88. The summed E-state index contributed by atoms with van der Waals surface area (Å²) >= 11 is 0. The van der Waals surface area contributed by atoms with E-state index in [4.69, 9.17) is 10.3 Å². The average molecular weight is 374 g/mol. The van der Waals surface area contributed by atoms with E-state index in [2.05, 4.69) is 20.1 Å². The highest BCUT2D eigenvalue weighted by atomic mass is 19.3. The molecule has 4 rings (SSSR count). The third-order valence-electron chi connectivity index (χ3n) is 4.14. The number of hydrogen-bond acceptors (Lipinski definition) is 8. The number of pyridine rings is 1. The molecule has 3 aromatic heterocycles. The van der Waals surface area contributed by atoms with Crippen molar-refractivity contribution < 1.29 is 23.2 Å². The fourth-order valence-electron chi connectivity index (χ4n) is 2.71. The van der Waals surface area contributed by atoms with Gasteiger partial charge in [0.25, 0.3) is 11.5 Å². The number of aromatic nitrogens is 4. The fraction of sp³-hybridized carbons (Fsp3) is 0.188. The second-order valence-corrected chi connectivity index (χ2v) is 5.88. The third kappa shape index (κ3) is 2.59. The monoisotopic (exact) mass is 374 g/mol. The maximum atomic E-state index is 14.0. The van der Waals surface area contributed by atoms with Crippen LogP contribution in [0.1, 0.15) is 5.76 Å². The Morgan fingerprint density at radius 1 is 1.15 bits per heavy atom. The standard InChI is InChI=1S/C16H12F2N6O3/c17-15(18)7-21-13(25)16(15,26)12-6-11(24-27-12)9-3-1-2-8(22-9)10-4-5-20-14(19)23-10/h1-6,26H,7H2,(H,21,25)(H2,19,20,23)/t16-/m1/s1. The van der Waals surface area contributed by atoms with Crippen LogP contribution in [0.3, 0.4) is 0 Å². The van der Waals surface area contributed by atoms with Crippen molar-refractivity contribution >= 4 is 11.9 Å². The first kappa shape index (κ1) is 17.0. The van der Waals surface area contributed by atoms with E-state index in [0.717, 1.165) is 6.07 Å². The molecule has 0 radical (unpaired) electrons. The summed E-state index contributed by atoms with van der Waals surface area (Å²) in [5.41, 5.74) is 3.66. The minimum atomic E-state index is -3.74. The fourth-order valence-corrected chi connectivity index (χ4v) is 2.71. The Morgan fingerprint density at radius 3 is 2.52 bits per heavy atom. The molecule has 1 amide bonds. The molecule has 1 fully saturated rings. The lowest BCUT2D eigenvalue weighted by Crippen LogP contribution is -2.46. The van der Waals surface area contributed by atoms with E-state index in [9.17, 15) is 18.7 Å². The van der Waals surface area contributed by atoms with Crippen LogP contribution in [0.25, 0.3) is 22.8 Å². The lowest BCUT2D eigenvalue weighted by Gasteiger charge is -2.22. The molecular formula is C16H12F2N6O3. The Balaban J connectivity index is 1.72. The molecule has 27 heavy (non-hydrogen) atoms. The van der Waals surface area contributed by atoms with Gasteiger partial charge >= 0.3 is 5.92 Å². The maximum absolute atomic E-state index is 14.0. The minimum Gasteiger partial charge on any atom is -0.368 e. The van der Waals surface area contributed by atoms with Gasteiger partial charge in [-0.05, 0) is 18.2 Å². The van der Waals surface area contributed by atoms with Gasteiger partial charge in [-0.2, -0.15) is 0 Å². The van der Waals surface area contributed by atoms with Crippen LogP contribution in [0.2, 0.25) is 0 Å². The SMILES string of the molecule is Nc1nccc(-c2cccc(-c3cc([C@@]4(O)C(=O)NCC4(F)F)on3)n2)n1. The van der Waals surface area contributed by atoms with E-state index in [1.54, 1.807) is 24.3 Å². The first-order chi connectivity index (χ1) is 12.8. The molecule has 0 aromatic carbocycles. The van der Waals surface area contributed by atoms with Crippen molar-refractivity contribution in [3.8, 4) is 22.8 Å². The number of anilines is 1. The van der Waals surface area contributed by atoms with Crippen LogP contribution in [-0.2, 0) is 10.4 Å². The summed E-state index contributed by atoms with van der Waals surface area (Å²) in [7, 11) is 0. The van der Waals surface area contributed by atoms with Gasteiger partial charge in [-0.25, -0.2) is 23.7 Å². The number of nitrogens with two attached hydrogens (primary N) is 1. The Labute approximate surface area is 150 Å². The number of rotatable bonds is 3. The number of aliphatic hydroxyl groups is 1. The minimum absolute atomic E-state index is 0.0674. The quantitative estimate of drug-likeness (QED) is 0.609. The van der Waals surface area contributed by atoms with Crippen molar-refractivity contribution in [2.75, 3.05) is 12.3 Å². The molecule has 1 aliphatic rings.